The number of piperidine rings is 1. The molecule has 2 fully saturated rings. The summed E-state index contributed by atoms with van der Waals surface area (Å²) < 4.78 is 1.79. The highest BCUT2D eigenvalue weighted by Crippen LogP contribution is 2.26. The second-order valence-electron chi connectivity index (χ2n) is 6.15. The van der Waals surface area contributed by atoms with Crippen molar-refractivity contribution >= 4 is 5.91 Å². The van der Waals surface area contributed by atoms with E-state index in [9.17, 15) is 4.79 Å². The summed E-state index contributed by atoms with van der Waals surface area (Å²) in [6.07, 6.45) is 11.4. The van der Waals surface area contributed by atoms with Crippen molar-refractivity contribution in [3.05, 3.63) is 42.6 Å². The fourth-order valence-electron chi connectivity index (χ4n) is 3.54. The molecular weight excluding hydrogens is 278 g/mol. The van der Waals surface area contributed by atoms with Crippen molar-refractivity contribution in [1.29, 1.82) is 0 Å². The Morgan fingerprint density at radius 3 is 2.82 bits per heavy atom. The topological polar surface area (TPSA) is 71.8 Å². The molecule has 4 rings (SSSR count). The molecule has 2 saturated heterocycles. The van der Waals surface area contributed by atoms with Crippen LogP contribution in [0.5, 0.6) is 0 Å². The fourth-order valence-corrected chi connectivity index (χ4v) is 3.54. The summed E-state index contributed by atoms with van der Waals surface area (Å²) in [7, 11) is 0. The van der Waals surface area contributed by atoms with Gasteiger partial charge in [-0.1, -0.05) is 0 Å². The molecule has 6 heteroatoms. The normalized spacial score (nSPS) is 26.8. The van der Waals surface area contributed by atoms with E-state index in [1.165, 1.54) is 12.8 Å². The van der Waals surface area contributed by atoms with Crippen LogP contribution in [0.1, 0.15) is 36.0 Å². The molecule has 22 heavy (non-hydrogen) atoms. The maximum atomic E-state index is 12.5. The van der Waals surface area contributed by atoms with Crippen LogP contribution in [-0.4, -0.2) is 38.6 Å². The van der Waals surface area contributed by atoms with E-state index in [2.05, 4.69) is 20.6 Å². The predicted molar refractivity (Wildman–Crippen MR) is 81.8 cm³/mol. The molecule has 2 aromatic rings. The number of fused-ring (bicyclic) bond motifs is 2. The molecule has 6 nitrogen and oxygen atoms in total. The minimum Gasteiger partial charge on any atom is -0.349 e. The minimum absolute atomic E-state index is 0.0185. The number of hydrogen-bond acceptors (Lipinski definition) is 4. The first-order valence-electron chi connectivity index (χ1n) is 7.79. The molecule has 1 amide bonds. The Hall–Kier alpha value is -2.21. The first kappa shape index (κ1) is 13.5. The lowest BCUT2D eigenvalue weighted by molar-refractivity contribution is 0.0924. The van der Waals surface area contributed by atoms with Gasteiger partial charge in [0, 0.05) is 42.3 Å². The second kappa shape index (κ2) is 5.53. The molecule has 0 aromatic carbocycles. The smallest absolute Gasteiger partial charge is 0.251 e. The number of carbonyl (C=O) groups excluding carboxylic acids is 1. The maximum Gasteiger partial charge on any atom is 0.251 e. The highest BCUT2D eigenvalue weighted by molar-refractivity contribution is 5.94. The average molecular weight is 297 g/mol. The van der Waals surface area contributed by atoms with Crippen LogP contribution >= 0.6 is 0 Å². The van der Waals surface area contributed by atoms with Crippen molar-refractivity contribution in [3.8, 4) is 5.82 Å². The summed E-state index contributed by atoms with van der Waals surface area (Å²) in [6.45, 7) is 0. The Balaban J connectivity index is 1.47. The third kappa shape index (κ3) is 2.62. The van der Waals surface area contributed by atoms with Gasteiger partial charge in [0.1, 0.15) is 12.1 Å². The van der Waals surface area contributed by atoms with E-state index in [-0.39, 0.29) is 11.9 Å². The highest BCUT2D eigenvalue weighted by Gasteiger charge is 2.34. The van der Waals surface area contributed by atoms with Crippen LogP contribution in [0.25, 0.3) is 5.82 Å². The molecule has 2 aliphatic rings. The SMILES string of the molecule is O=C(NC1CC2CCC(C1)N2)c1ccnc(-n2ccnc2)c1. The molecule has 2 unspecified atom stereocenters. The lowest BCUT2D eigenvalue weighted by Crippen LogP contribution is -2.48. The molecular formula is C16H19N5O. The molecule has 0 aliphatic carbocycles. The zero-order valence-electron chi connectivity index (χ0n) is 12.3. The Morgan fingerprint density at radius 1 is 1.27 bits per heavy atom. The van der Waals surface area contributed by atoms with Gasteiger partial charge in [-0.25, -0.2) is 9.97 Å². The first-order chi connectivity index (χ1) is 10.8. The molecule has 2 aromatic heterocycles. The molecule has 2 N–H and O–H groups in total. The van der Waals surface area contributed by atoms with Crippen LogP contribution in [0.2, 0.25) is 0 Å². The van der Waals surface area contributed by atoms with E-state index in [1.54, 1.807) is 35.4 Å². The predicted octanol–water partition coefficient (Wildman–Crippen LogP) is 1.28. The molecule has 114 valence electrons. The number of nitrogens with zero attached hydrogens (tertiary/aromatic N) is 3. The van der Waals surface area contributed by atoms with Crippen molar-refractivity contribution in [2.75, 3.05) is 0 Å². The summed E-state index contributed by atoms with van der Waals surface area (Å²) in [4.78, 5) is 20.8. The van der Waals surface area contributed by atoms with Crippen molar-refractivity contribution < 1.29 is 4.79 Å². The summed E-state index contributed by atoms with van der Waals surface area (Å²) in [5.74, 6) is 0.686. The van der Waals surface area contributed by atoms with Crippen LogP contribution < -0.4 is 10.6 Å². The number of nitrogens with one attached hydrogen (secondary N) is 2. The van der Waals surface area contributed by atoms with E-state index >= 15 is 0 Å². The first-order valence-corrected chi connectivity index (χ1v) is 7.79. The fraction of sp³-hybridized carbons (Fsp3) is 0.438. The van der Waals surface area contributed by atoms with E-state index < -0.39 is 0 Å². The Morgan fingerprint density at radius 2 is 2.09 bits per heavy atom. The molecule has 0 spiro atoms. The highest BCUT2D eigenvalue weighted by atomic mass is 16.1. The minimum atomic E-state index is -0.0185. The average Bonchev–Trinajstić information content (AvgIpc) is 3.17. The molecule has 2 atom stereocenters. The zero-order valence-corrected chi connectivity index (χ0v) is 12.3. The quantitative estimate of drug-likeness (QED) is 0.895. The van der Waals surface area contributed by atoms with Crippen molar-refractivity contribution in [1.82, 2.24) is 25.2 Å². The van der Waals surface area contributed by atoms with E-state index in [0.29, 0.717) is 23.5 Å². The van der Waals surface area contributed by atoms with Crippen LogP contribution in [0.15, 0.2) is 37.1 Å². The zero-order chi connectivity index (χ0) is 14.9. The van der Waals surface area contributed by atoms with Gasteiger partial charge in [0.05, 0.1) is 0 Å². The summed E-state index contributed by atoms with van der Waals surface area (Å²) in [5, 5.41) is 6.77. The number of pyridine rings is 1. The van der Waals surface area contributed by atoms with Gasteiger partial charge in [-0.2, -0.15) is 0 Å². The lowest BCUT2D eigenvalue weighted by Gasteiger charge is -2.29. The molecule has 0 radical (unpaired) electrons. The van der Waals surface area contributed by atoms with Crippen molar-refractivity contribution in [2.24, 2.45) is 0 Å². The van der Waals surface area contributed by atoms with Crippen LogP contribution in [0.3, 0.4) is 0 Å². The number of carbonyl (C=O) groups is 1. The summed E-state index contributed by atoms with van der Waals surface area (Å²) >= 11 is 0. The van der Waals surface area contributed by atoms with Gasteiger partial charge in [-0.3, -0.25) is 9.36 Å². The van der Waals surface area contributed by atoms with Gasteiger partial charge in [0.2, 0.25) is 0 Å². The largest absolute Gasteiger partial charge is 0.349 e. The van der Waals surface area contributed by atoms with E-state index in [4.69, 9.17) is 0 Å². The Kier molecular flexibility index (Phi) is 3.38. The monoisotopic (exact) mass is 297 g/mol. The van der Waals surface area contributed by atoms with Gasteiger partial charge in [0.15, 0.2) is 0 Å². The Labute approximate surface area is 129 Å². The van der Waals surface area contributed by atoms with Crippen LogP contribution in [-0.2, 0) is 0 Å². The summed E-state index contributed by atoms with van der Waals surface area (Å²) in [5.41, 5.74) is 0.643. The van der Waals surface area contributed by atoms with Crippen molar-refractivity contribution in [3.63, 3.8) is 0 Å². The van der Waals surface area contributed by atoms with Gasteiger partial charge in [-0.05, 0) is 37.8 Å². The van der Waals surface area contributed by atoms with Crippen molar-refractivity contribution in [2.45, 2.75) is 43.8 Å². The van der Waals surface area contributed by atoms with E-state index in [1.807, 2.05) is 6.20 Å². The maximum absolute atomic E-state index is 12.5. The third-order valence-corrected chi connectivity index (χ3v) is 4.58. The lowest BCUT2D eigenvalue weighted by atomic mass is 9.99. The number of hydrogen-bond donors (Lipinski definition) is 2. The molecule has 4 heterocycles. The number of aromatic nitrogens is 3. The van der Waals surface area contributed by atoms with Gasteiger partial charge < -0.3 is 10.6 Å². The Bertz CT molecular complexity index is 657. The third-order valence-electron chi connectivity index (χ3n) is 4.58. The number of rotatable bonds is 3. The molecule has 0 saturated carbocycles. The van der Waals surface area contributed by atoms with Crippen LogP contribution in [0.4, 0.5) is 0 Å². The van der Waals surface area contributed by atoms with Gasteiger partial charge in [0.25, 0.3) is 5.91 Å². The van der Waals surface area contributed by atoms with Gasteiger partial charge >= 0.3 is 0 Å². The standard InChI is InChI=1S/C16H19N5O/c22-16(20-14-8-12-1-2-13(9-14)19-12)11-3-4-18-15(7-11)21-6-5-17-10-21/h3-7,10,12-14,19H,1-2,8-9H2,(H,20,22). The summed E-state index contributed by atoms with van der Waals surface area (Å²) in [6, 6.07) is 4.97. The number of imidazole rings is 1. The van der Waals surface area contributed by atoms with E-state index in [0.717, 1.165) is 12.8 Å². The second-order valence-corrected chi connectivity index (χ2v) is 6.15. The molecule has 2 bridgehead atoms. The molecule has 2 aliphatic heterocycles. The van der Waals surface area contributed by atoms with Crippen LogP contribution in [0, 0.1) is 0 Å². The number of amides is 1. The van der Waals surface area contributed by atoms with Gasteiger partial charge in [-0.15, -0.1) is 0 Å².